The molecule has 0 aliphatic carbocycles. The van der Waals surface area contributed by atoms with Gasteiger partial charge in [0.15, 0.2) is 0 Å². The molecule has 1 atom stereocenters. The predicted molar refractivity (Wildman–Crippen MR) is 39.8 cm³/mol. The van der Waals surface area contributed by atoms with E-state index < -0.39 is 0 Å². The quantitative estimate of drug-likeness (QED) is 0.546. The van der Waals surface area contributed by atoms with Crippen LogP contribution in [0.15, 0.2) is 0 Å². The van der Waals surface area contributed by atoms with Gasteiger partial charge in [-0.3, -0.25) is 4.79 Å². The minimum Gasteiger partial charge on any atom is -0.303 e. The fraction of sp³-hybridized carbons (Fsp3) is 0.750. The topological polar surface area (TPSA) is 34.1 Å². The van der Waals surface area contributed by atoms with Gasteiger partial charge in [0.25, 0.3) is 0 Å². The highest BCUT2D eigenvalue weighted by Gasteiger charge is 2.09. The maximum Gasteiger partial charge on any atom is 0.136 e. The van der Waals surface area contributed by atoms with E-state index in [0.717, 1.165) is 12.7 Å². The van der Waals surface area contributed by atoms with Gasteiger partial charge in [-0.2, -0.15) is 0 Å². The zero-order valence-electron chi connectivity index (χ0n) is 6.59. The van der Waals surface area contributed by atoms with Crippen LogP contribution in [0.3, 0.4) is 0 Å². The Bertz CT molecular complexity index is 118. The maximum absolute atomic E-state index is 11.0. The van der Waals surface area contributed by atoms with Gasteiger partial charge in [-0.1, -0.05) is 13.8 Å². The van der Waals surface area contributed by atoms with Crippen LogP contribution in [0.1, 0.15) is 33.1 Å². The van der Waals surface area contributed by atoms with Crippen LogP contribution in [0.4, 0.5) is 0 Å². The second-order valence-electron chi connectivity index (χ2n) is 2.52. The number of rotatable bonds is 5. The summed E-state index contributed by atoms with van der Waals surface area (Å²) in [4.78, 5) is 20.9. The third-order valence-corrected chi connectivity index (χ3v) is 1.50. The Kier molecular flexibility index (Phi) is 4.81. The Morgan fingerprint density at radius 3 is 2.60 bits per heavy atom. The molecule has 0 fully saturated rings. The predicted octanol–water partition coefficient (Wildman–Crippen LogP) is 1.58. The van der Waals surface area contributed by atoms with Crippen LogP contribution in [0, 0.1) is 5.92 Å². The van der Waals surface area contributed by atoms with Crippen LogP contribution < -0.4 is 0 Å². The van der Waals surface area contributed by atoms with E-state index >= 15 is 0 Å². The molecule has 0 bridgehead atoms. The lowest BCUT2D eigenvalue weighted by Gasteiger charge is -2.03. The summed E-state index contributed by atoms with van der Waals surface area (Å²) in [6, 6.07) is 0. The number of carbonyl (C=O) groups excluding carboxylic acids is 2. The lowest BCUT2D eigenvalue weighted by atomic mass is 10.0. The molecule has 0 aromatic rings. The Labute approximate surface area is 61.6 Å². The number of hydrogen-bond acceptors (Lipinski definition) is 2. The Balaban J connectivity index is 3.58. The third kappa shape index (κ3) is 3.38. The van der Waals surface area contributed by atoms with Crippen LogP contribution in [0.5, 0.6) is 0 Å². The molecule has 0 saturated heterocycles. The zero-order chi connectivity index (χ0) is 7.98. The van der Waals surface area contributed by atoms with Crippen LogP contribution in [0.25, 0.3) is 0 Å². The second-order valence-corrected chi connectivity index (χ2v) is 2.52. The van der Waals surface area contributed by atoms with E-state index in [1.165, 1.54) is 0 Å². The summed E-state index contributed by atoms with van der Waals surface area (Å²) < 4.78 is 0. The lowest BCUT2D eigenvalue weighted by molar-refractivity contribution is -0.124. The van der Waals surface area contributed by atoms with Gasteiger partial charge in [0.2, 0.25) is 0 Å². The largest absolute Gasteiger partial charge is 0.303 e. The molecule has 0 aliphatic heterocycles. The summed E-state index contributed by atoms with van der Waals surface area (Å²) in [7, 11) is 0. The van der Waals surface area contributed by atoms with Gasteiger partial charge < -0.3 is 4.79 Å². The highest BCUT2D eigenvalue weighted by atomic mass is 16.1. The molecule has 10 heavy (non-hydrogen) atoms. The molecule has 0 aromatic carbocycles. The van der Waals surface area contributed by atoms with Crippen LogP contribution in [0.2, 0.25) is 0 Å². The molecule has 0 heterocycles. The molecule has 0 radical (unpaired) electrons. The van der Waals surface area contributed by atoms with Gasteiger partial charge in [-0.15, -0.1) is 0 Å². The fourth-order valence-electron chi connectivity index (χ4n) is 0.769. The zero-order valence-corrected chi connectivity index (χ0v) is 6.59. The van der Waals surface area contributed by atoms with Crippen molar-refractivity contribution in [3.63, 3.8) is 0 Å². The molecule has 0 spiro atoms. The van der Waals surface area contributed by atoms with Crippen molar-refractivity contribution in [1.29, 1.82) is 0 Å². The molecule has 0 aliphatic rings. The van der Waals surface area contributed by atoms with Crippen molar-refractivity contribution < 1.29 is 9.59 Å². The molecule has 1 unspecified atom stereocenters. The van der Waals surface area contributed by atoms with Gasteiger partial charge in [0.05, 0.1) is 0 Å². The lowest BCUT2D eigenvalue weighted by Crippen LogP contribution is -2.10. The standard InChI is InChI=1S/C8H14O2/c1-3-4-8(10)7(2)5-6-9/h6-7H,3-5H2,1-2H3. The second kappa shape index (κ2) is 5.15. The third-order valence-electron chi connectivity index (χ3n) is 1.50. The van der Waals surface area contributed by atoms with Crippen LogP contribution in [-0.2, 0) is 9.59 Å². The SMILES string of the molecule is CCCC(=O)C(C)CC=O. The summed E-state index contributed by atoms with van der Waals surface area (Å²) in [5, 5.41) is 0. The summed E-state index contributed by atoms with van der Waals surface area (Å²) in [5.41, 5.74) is 0. The first-order chi connectivity index (χ1) is 4.72. The van der Waals surface area contributed by atoms with E-state index in [1.807, 2.05) is 6.92 Å². The molecule has 0 aromatic heterocycles. The average molecular weight is 142 g/mol. The van der Waals surface area contributed by atoms with Crippen molar-refractivity contribution >= 4 is 12.1 Å². The van der Waals surface area contributed by atoms with Crippen molar-refractivity contribution in [2.45, 2.75) is 33.1 Å². The van der Waals surface area contributed by atoms with Gasteiger partial charge in [0, 0.05) is 18.8 Å². The van der Waals surface area contributed by atoms with Crippen LogP contribution in [-0.4, -0.2) is 12.1 Å². The average Bonchev–Trinajstić information content (AvgIpc) is 1.89. The first kappa shape index (κ1) is 9.34. The van der Waals surface area contributed by atoms with Crippen molar-refractivity contribution in [2.24, 2.45) is 5.92 Å². The van der Waals surface area contributed by atoms with E-state index in [0.29, 0.717) is 12.8 Å². The summed E-state index contributed by atoms with van der Waals surface area (Å²) in [5.74, 6) is 0.132. The molecule has 0 rings (SSSR count). The van der Waals surface area contributed by atoms with Gasteiger partial charge in [-0.05, 0) is 6.42 Å². The van der Waals surface area contributed by atoms with Crippen molar-refractivity contribution in [2.75, 3.05) is 0 Å². The Morgan fingerprint density at radius 2 is 2.20 bits per heavy atom. The normalized spacial score (nSPS) is 12.6. The summed E-state index contributed by atoms with van der Waals surface area (Å²) in [6.07, 6.45) is 2.66. The molecule has 2 heteroatoms. The monoisotopic (exact) mass is 142 g/mol. The number of ketones is 1. The molecule has 0 N–H and O–H groups in total. The van der Waals surface area contributed by atoms with E-state index in [1.54, 1.807) is 6.92 Å². The maximum atomic E-state index is 11.0. The van der Waals surface area contributed by atoms with Crippen molar-refractivity contribution in [3.8, 4) is 0 Å². The number of Topliss-reactive ketones (excluding diaryl/α,β-unsaturated/α-hetero) is 1. The van der Waals surface area contributed by atoms with Crippen molar-refractivity contribution in [1.82, 2.24) is 0 Å². The Morgan fingerprint density at radius 1 is 1.60 bits per heavy atom. The Hall–Kier alpha value is -0.660. The molecular weight excluding hydrogens is 128 g/mol. The number of carbonyl (C=O) groups is 2. The first-order valence-electron chi connectivity index (χ1n) is 3.68. The molecule has 0 saturated carbocycles. The van der Waals surface area contributed by atoms with Crippen LogP contribution >= 0.6 is 0 Å². The summed E-state index contributed by atoms with van der Waals surface area (Å²) >= 11 is 0. The van der Waals surface area contributed by atoms with E-state index in [4.69, 9.17) is 0 Å². The van der Waals surface area contributed by atoms with E-state index in [9.17, 15) is 9.59 Å². The van der Waals surface area contributed by atoms with E-state index in [-0.39, 0.29) is 11.7 Å². The van der Waals surface area contributed by atoms with Gasteiger partial charge in [0.1, 0.15) is 12.1 Å². The van der Waals surface area contributed by atoms with Crippen molar-refractivity contribution in [3.05, 3.63) is 0 Å². The smallest absolute Gasteiger partial charge is 0.136 e. The molecule has 2 nitrogen and oxygen atoms in total. The first-order valence-corrected chi connectivity index (χ1v) is 3.68. The minimum absolute atomic E-state index is 0.0718. The van der Waals surface area contributed by atoms with Gasteiger partial charge in [-0.25, -0.2) is 0 Å². The molecule has 58 valence electrons. The van der Waals surface area contributed by atoms with Gasteiger partial charge >= 0.3 is 0 Å². The summed E-state index contributed by atoms with van der Waals surface area (Å²) in [6.45, 7) is 3.76. The highest BCUT2D eigenvalue weighted by Crippen LogP contribution is 2.05. The number of aldehydes is 1. The minimum atomic E-state index is -0.0718. The number of hydrogen-bond donors (Lipinski definition) is 0. The highest BCUT2D eigenvalue weighted by molar-refractivity contribution is 5.82. The van der Waals surface area contributed by atoms with E-state index in [2.05, 4.69) is 0 Å². The molecular formula is C8H14O2. The molecule has 0 amide bonds. The fourth-order valence-corrected chi connectivity index (χ4v) is 0.769.